The fraction of sp³-hybridized carbons (Fsp3) is 0.250. The van der Waals surface area contributed by atoms with Crippen molar-refractivity contribution in [3.8, 4) is 18.1 Å². The second-order valence-electron chi connectivity index (χ2n) is 6.37. The number of carbonyl (C=O) groups excluding carboxylic acids is 2. The van der Waals surface area contributed by atoms with E-state index in [-0.39, 0.29) is 24.3 Å². The molecule has 2 aromatic rings. The van der Waals surface area contributed by atoms with Gasteiger partial charge < -0.3 is 20.7 Å². The highest BCUT2D eigenvalue weighted by Gasteiger charge is 2.23. The van der Waals surface area contributed by atoms with Crippen molar-refractivity contribution in [3.05, 3.63) is 42.2 Å². The molecule has 7 nitrogen and oxygen atoms in total. The Kier molecular flexibility index (Phi) is 5.27. The third-order valence-corrected chi connectivity index (χ3v) is 3.84. The largest absolute Gasteiger partial charge is 0.489 e. The number of benzene rings is 1. The Balaban J connectivity index is 1.87. The van der Waals surface area contributed by atoms with Crippen molar-refractivity contribution in [2.45, 2.75) is 32.4 Å². The minimum atomic E-state index is -0.496. The lowest BCUT2D eigenvalue weighted by Crippen LogP contribution is -2.22. The minimum absolute atomic E-state index is 0.00356. The number of carbonyl (C=O) groups is 2. The Morgan fingerprint density at radius 3 is 2.96 bits per heavy atom. The van der Waals surface area contributed by atoms with E-state index in [0.717, 1.165) is 0 Å². The molecule has 0 unspecified atom stereocenters. The number of terminal acetylenes is 1. The van der Waals surface area contributed by atoms with Crippen molar-refractivity contribution in [2.24, 2.45) is 0 Å². The predicted octanol–water partition coefficient (Wildman–Crippen LogP) is 2.88. The zero-order valence-electron chi connectivity index (χ0n) is 15.1. The van der Waals surface area contributed by atoms with Crippen LogP contribution in [-0.2, 0) is 4.79 Å². The van der Waals surface area contributed by atoms with Gasteiger partial charge in [0.1, 0.15) is 5.75 Å². The molecule has 0 saturated heterocycles. The molecule has 0 fully saturated rings. The summed E-state index contributed by atoms with van der Waals surface area (Å²) in [5, 5.41) is 8.66. The number of fused-ring (bicyclic) bond motifs is 1. The van der Waals surface area contributed by atoms with E-state index < -0.39 is 6.04 Å². The van der Waals surface area contributed by atoms with Crippen LogP contribution in [0.5, 0.6) is 5.75 Å². The van der Waals surface area contributed by atoms with E-state index >= 15 is 0 Å². The molecule has 0 radical (unpaired) electrons. The maximum Gasteiger partial charge on any atom is 0.257 e. The lowest BCUT2D eigenvalue weighted by Gasteiger charge is -2.16. The summed E-state index contributed by atoms with van der Waals surface area (Å²) in [7, 11) is 0. The van der Waals surface area contributed by atoms with Crippen LogP contribution in [0.3, 0.4) is 0 Å². The normalized spacial score (nSPS) is 15.6. The SMILES string of the molecule is C#C[C@@H]1CC(=O)Nc2cccc(C(=O)Nc3cncc(OC(C)C)c3)c2N1. The summed E-state index contributed by atoms with van der Waals surface area (Å²) in [4.78, 5) is 28.9. The average molecular weight is 364 g/mol. The van der Waals surface area contributed by atoms with Gasteiger partial charge in [-0.2, -0.15) is 0 Å². The molecular formula is C20H20N4O3. The Morgan fingerprint density at radius 1 is 1.41 bits per heavy atom. The highest BCUT2D eigenvalue weighted by Crippen LogP contribution is 2.30. The lowest BCUT2D eigenvalue weighted by molar-refractivity contribution is -0.116. The number of nitrogens with one attached hydrogen (secondary N) is 3. The van der Waals surface area contributed by atoms with E-state index in [1.54, 1.807) is 30.5 Å². The van der Waals surface area contributed by atoms with Crippen LogP contribution in [0.25, 0.3) is 0 Å². The summed E-state index contributed by atoms with van der Waals surface area (Å²) in [5.74, 6) is 2.53. The number of aromatic nitrogens is 1. The minimum Gasteiger partial charge on any atom is -0.489 e. The van der Waals surface area contributed by atoms with Crippen molar-refractivity contribution in [3.63, 3.8) is 0 Å². The first-order chi connectivity index (χ1) is 13.0. The van der Waals surface area contributed by atoms with Gasteiger partial charge in [-0.05, 0) is 26.0 Å². The molecule has 27 heavy (non-hydrogen) atoms. The number of rotatable bonds is 4. The Bertz CT molecular complexity index is 918. The van der Waals surface area contributed by atoms with E-state index in [9.17, 15) is 9.59 Å². The van der Waals surface area contributed by atoms with E-state index in [1.165, 1.54) is 6.20 Å². The van der Waals surface area contributed by atoms with Crippen LogP contribution in [0, 0.1) is 12.3 Å². The Hall–Kier alpha value is -3.53. The van der Waals surface area contributed by atoms with E-state index in [4.69, 9.17) is 11.2 Å². The van der Waals surface area contributed by atoms with Gasteiger partial charge in [0.05, 0.1) is 53.6 Å². The lowest BCUT2D eigenvalue weighted by atomic mass is 10.1. The van der Waals surface area contributed by atoms with Crippen molar-refractivity contribution in [2.75, 3.05) is 16.0 Å². The molecule has 1 atom stereocenters. The summed E-state index contributed by atoms with van der Waals surface area (Å²) in [6.07, 6.45) is 8.73. The topological polar surface area (TPSA) is 92.4 Å². The molecule has 138 valence electrons. The standard InChI is InChI=1S/C20H20N4O3/c1-4-13-9-18(25)24-17-7-5-6-16(19(17)22-13)20(26)23-14-8-15(11-21-10-14)27-12(2)3/h1,5-8,10-13,22H,9H2,2-3H3,(H,23,26)(H,24,25)/t13-/m1/s1. The molecular weight excluding hydrogens is 344 g/mol. The molecule has 1 aromatic carbocycles. The van der Waals surface area contributed by atoms with Crippen molar-refractivity contribution in [1.82, 2.24) is 4.98 Å². The first-order valence-corrected chi connectivity index (χ1v) is 8.55. The zero-order chi connectivity index (χ0) is 19.4. The van der Waals surface area contributed by atoms with Crippen LogP contribution in [0.4, 0.5) is 17.1 Å². The highest BCUT2D eigenvalue weighted by molar-refractivity contribution is 6.11. The average Bonchev–Trinajstić information content (AvgIpc) is 2.78. The number of para-hydroxylation sites is 1. The monoisotopic (exact) mass is 364 g/mol. The van der Waals surface area contributed by atoms with Crippen molar-refractivity contribution >= 4 is 28.9 Å². The quantitative estimate of drug-likeness (QED) is 0.726. The fourth-order valence-electron chi connectivity index (χ4n) is 2.74. The first kappa shape index (κ1) is 18.3. The summed E-state index contributed by atoms with van der Waals surface area (Å²) >= 11 is 0. The number of anilines is 3. The van der Waals surface area contributed by atoms with Gasteiger partial charge in [-0.1, -0.05) is 12.0 Å². The van der Waals surface area contributed by atoms with Crippen LogP contribution in [0.2, 0.25) is 0 Å². The number of pyridine rings is 1. The maximum atomic E-state index is 12.8. The van der Waals surface area contributed by atoms with E-state index in [0.29, 0.717) is 28.4 Å². The fourth-order valence-corrected chi connectivity index (χ4v) is 2.74. The van der Waals surface area contributed by atoms with Crippen LogP contribution >= 0.6 is 0 Å². The molecule has 1 aliphatic heterocycles. The van der Waals surface area contributed by atoms with Gasteiger partial charge in [0.2, 0.25) is 5.91 Å². The highest BCUT2D eigenvalue weighted by atomic mass is 16.5. The van der Waals surface area contributed by atoms with Crippen LogP contribution in [0.15, 0.2) is 36.7 Å². The smallest absolute Gasteiger partial charge is 0.257 e. The molecule has 2 heterocycles. The molecule has 2 amide bonds. The molecule has 0 aliphatic carbocycles. The van der Waals surface area contributed by atoms with Gasteiger partial charge in [0, 0.05) is 6.07 Å². The first-order valence-electron chi connectivity index (χ1n) is 8.55. The van der Waals surface area contributed by atoms with E-state index in [1.807, 2.05) is 13.8 Å². The number of nitrogens with zero attached hydrogens (tertiary/aromatic N) is 1. The number of hydrogen-bond donors (Lipinski definition) is 3. The predicted molar refractivity (Wildman–Crippen MR) is 104 cm³/mol. The van der Waals surface area contributed by atoms with Gasteiger partial charge in [0.25, 0.3) is 5.91 Å². The number of amides is 2. The molecule has 3 rings (SSSR count). The van der Waals surface area contributed by atoms with Gasteiger partial charge in [-0.25, -0.2) is 0 Å². The van der Waals surface area contributed by atoms with Crippen molar-refractivity contribution < 1.29 is 14.3 Å². The number of ether oxygens (including phenoxy) is 1. The van der Waals surface area contributed by atoms with Gasteiger partial charge in [-0.15, -0.1) is 6.42 Å². The molecule has 0 saturated carbocycles. The second kappa shape index (κ2) is 7.79. The summed E-state index contributed by atoms with van der Waals surface area (Å²) in [6, 6.07) is 6.28. The van der Waals surface area contributed by atoms with E-state index in [2.05, 4.69) is 26.9 Å². The third-order valence-electron chi connectivity index (χ3n) is 3.84. The van der Waals surface area contributed by atoms with Crippen molar-refractivity contribution in [1.29, 1.82) is 0 Å². The van der Waals surface area contributed by atoms with Crippen LogP contribution < -0.4 is 20.7 Å². The third kappa shape index (κ3) is 4.36. The molecule has 0 bridgehead atoms. The molecule has 0 spiro atoms. The van der Waals surface area contributed by atoms with Crippen LogP contribution in [0.1, 0.15) is 30.6 Å². The van der Waals surface area contributed by atoms with Crippen LogP contribution in [-0.4, -0.2) is 28.9 Å². The molecule has 7 heteroatoms. The summed E-state index contributed by atoms with van der Waals surface area (Å²) < 4.78 is 5.59. The molecule has 3 N–H and O–H groups in total. The molecule has 1 aliphatic rings. The number of hydrogen-bond acceptors (Lipinski definition) is 5. The summed E-state index contributed by atoms with van der Waals surface area (Å²) in [5.41, 5.74) is 1.87. The second-order valence-corrected chi connectivity index (χ2v) is 6.37. The molecule has 1 aromatic heterocycles. The van der Waals surface area contributed by atoms with Gasteiger partial charge in [-0.3, -0.25) is 14.6 Å². The Morgan fingerprint density at radius 2 is 2.22 bits per heavy atom. The van der Waals surface area contributed by atoms with Gasteiger partial charge in [0.15, 0.2) is 0 Å². The summed E-state index contributed by atoms with van der Waals surface area (Å²) in [6.45, 7) is 3.82. The zero-order valence-corrected chi connectivity index (χ0v) is 15.1. The Labute approximate surface area is 157 Å². The maximum absolute atomic E-state index is 12.8. The van der Waals surface area contributed by atoms with Gasteiger partial charge >= 0.3 is 0 Å².